The standard InChI is InChI=1S/C17H20N4/c1-21(2)14-9-7-13(8-10-14)11-12-18-17-19-15-5-3-4-6-16(15)20-17/h3-10H,11-12H2,1-2H3,(H2,18,19,20). The number of para-hydroxylation sites is 2. The van der Waals surface area contributed by atoms with Crippen molar-refractivity contribution < 1.29 is 0 Å². The molecule has 21 heavy (non-hydrogen) atoms. The molecular weight excluding hydrogens is 260 g/mol. The van der Waals surface area contributed by atoms with Gasteiger partial charge in [0.25, 0.3) is 0 Å². The molecule has 0 saturated heterocycles. The minimum atomic E-state index is 0.834. The van der Waals surface area contributed by atoms with Crippen LogP contribution in [-0.2, 0) is 6.42 Å². The van der Waals surface area contributed by atoms with Crippen molar-refractivity contribution in [1.82, 2.24) is 9.97 Å². The second kappa shape index (κ2) is 5.87. The molecule has 2 N–H and O–H groups in total. The first-order valence-electron chi connectivity index (χ1n) is 7.17. The van der Waals surface area contributed by atoms with Gasteiger partial charge in [0.2, 0.25) is 5.95 Å². The van der Waals surface area contributed by atoms with Gasteiger partial charge in [-0.15, -0.1) is 0 Å². The molecule has 0 spiro atoms. The Balaban J connectivity index is 1.58. The van der Waals surface area contributed by atoms with Crippen molar-refractivity contribution >= 4 is 22.7 Å². The molecule has 0 atom stereocenters. The number of rotatable bonds is 5. The van der Waals surface area contributed by atoms with Gasteiger partial charge in [0.05, 0.1) is 11.0 Å². The summed E-state index contributed by atoms with van der Waals surface area (Å²) in [5.74, 6) is 0.834. The second-order valence-corrected chi connectivity index (χ2v) is 5.34. The largest absolute Gasteiger partial charge is 0.378 e. The number of nitrogens with zero attached hydrogens (tertiary/aromatic N) is 2. The Morgan fingerprint density at radius 3 is 2.52 bits per heavy atom. The van der Waals surface area contributed by atoms with Crippen LogP contribution in [-0.4, -0.2) is 30.6 Å². The zero-order valence-corrected chi connectivity index (χ0v) is 12.4. The van der Waals surface area contributed by atoms with Gasteiger partial charge in [-0.05, 0) is 36.2 Å². The van der Waals surface area contributed by atoms with Crippen LogP contribution in [0.4, 0.5) is 11.6 Å². The molecule has 1 aromatic heterocycles. The summed E-state index contributed by atoms with van der Waals surface area (Å²) in [5, 5.41) is 3.34. The first-order valence-corrected chi connectivity index (χ1v) is 7.17. The minimum absolute atomic E-state index is 0.834. The van der Waals surface area contributed by atoms with E-state index in [1.807, 2.05) is 24.3 Å². The number of aromatic nitrogens is 2. The SMILES string of the molecule is CN(C)c1ccc(CCNc2nc3ccccc3[nH]2)cc1. The third-order valence-corrected chi connectivity index (χ3v) is 3.55. The van der Waals surface area contributed by atoms with Crippen molar-refractivity contribution in [3.05, 3.63) is 54.1 Å². The van der Waals surface area contributed by atoms with Crippen molar-refractivity contribution in [2.75, 3.05) is 30.9 Å². The smallest absolute Gasteiger partial charge is 0.201 e. The number of hydrogen-bond donors (Lipinski definition) is 2. The lowest BCUT2D eigenvalue weighted by atomic mass is 10.1. The fourth-order valence-electron chi connectivity index (χ4n) is 2.32. The summed E-state index contributed by atoms with van der Waals surface area (Å²) >= 11 is 0. The molecule has 1 heterocycles. The lowest BCUT2D eigenvalue weighted by Gasteiger charge is -2.12. The lowest BCUT2D eigenvalue weighted by molar-refractivity contribution is 0.998. The highest BCUT2D eigenvalue weighted by Crippen LogP contribution is 2.14. The van der Waals surface area contributed by atoms with Crippen molar-refractivity contribution in [1.29, 1.82) is 0 Å². The summed E-state index contributed by atoms with van der Waals surface area (Å²) in [6.07, 6.45) is 0.977. The predicted octanol–water partition coefficient (Wildman–Crippen LogP) is 3.28. The first kappa shape index (κ1) is 13.5. The quantitative estimate of drug-likeness (QED) is 0.754. The first-order chi connectivity index (χ1) is 10.2. The molecule has 108 valence electrons. The molecule has 3 aromatic rings. The Kier molecular flexibility index (Phi) is 3.77. The van der Waals surface area contributed by atoms with E-state index in [1.165, 1.54) is 11.3 Å². The van der Waals surface area contributed by atoms with E-state index in [4.69, 9.17) is 0 Å². The molecule has 0 aliphatic carbocycles. The zero-order chi connectivity index (χ0) is 14.7. The van der Waals surface area contributed by atoms with Crippen LogP contribution in [0.5, 0.6) is 0 Å². The molecule has 0 amide bonds. The maximum atomic E-state index is 4.51. The highest BCUT2D eigenvalue weighted by molar-refractivity contribution is 5.77. The van der Waals surface area contributed by atoms with E-state index >= 15 is 0 Å². The van der Waals surface area contributed by atoms with E-state index in [-0.39, 0.29) is 0 Å². The van der Waals surface area contributed by atoms with E-state index in [1.54, 1.807) is 0 Å². The second-order valence-electron chi connectivity index (χ2n) is 5.34. The summed E-state index contributed by atoms with van der Waals surface area (Å²) in [5.41, 5.74) is 4.61. The van der Waals surface area contributed by atoms with Crippen molar-refractivity contribution in [2.24, 2.45) is 0 Å². The van der Waals surface area contributed by atoms with E-state index in [0.717, 1.165) is 29.9 Å². The Morgan fingerprint density at radius 1 is 1.05 bits per heavy atom. The molecule has 4 nitrogen and oxygen atoms in total. The summed E-state index contributed by atoms with van der Waals surface area (Å²) in [6, 6.07) is 16.7. The number of hydrogen-bond acceptors (Lipinski definition) is 3. The van der Waals surface area contributed by atoms with Crippen LogP contribution in [0.3, 0.4) is 0 Å². The fraction of sp³-hybridized carbons (Fsp3) is 0.235. The Labute approximate surface area is 124 Å². The summed E-state index contributed by atoms with van der Waals surface area (Å²) < 4.78 is 0. The number of fused-ring (bicyclic) bond motifs is 1. The number of aromatic amines is 1. The molecule has 0 bridgehead atoms. The van der Waals surface area contributed by atoms with Crippen LogP contribution in [0, 0.1) is 0 Å². The van der Waals surface area contributed by atoms with Gasteiger partial charge in [-0.1, -0.05) is 24.3 Å². The van der Waals surface area contributed by atoms with Gasteiger partial charge in [0, 0.05) is 26.3 Å². The van der Waals surface area contributed by atoms with Gasteiger partial charge in [0.15, 0.2) is 0 Å². The molecule has 0 radical (unpaired) electrons. The normalized spacial score (nSPS) is 10.8. The van der Waals surface area contributed by atoms with Crippen molar-refractivity contribution in [2.45, 2.75) is 6.42 Å². The van der Waals surface area contributed by atoms with E-state index < -0.39 is 0 Å². The van der Waals surface area contributed by atoms with Crippen LogP contribution >= 0.6 is 0 Å². The Morgan fingerprint density at radius 2 is 1.81 bits per heavy atom. The summed E-state index contributed by atoms with van der Waals surface area (Å²) in [7, 11) is 4.11. The van der Waals surface area contributed by atoms with Gasteiger partial charge >= 0.3 is 0 Å². The molecule has 4 heteroatoms. The molecular formula is C17H20N4. The number of H-pyrrole nitrogens is 1. The third kappa shape index (κ3) is 3.16. The predicted molar refractivity (Wildman–Crippen MR) is 89.1 cm³/mol. The molecule has 0 saturated carbocycles. The molecule has 0 aliphatic heterocycles. The number of benzene rings is 2. The Hall–Kier alpha value is -2.49. The van der Waals surface area contributed by atoms with Crippen LogP contribution in [0.2, 0.25) is 0 Å². The van der Waals surface area contributed by atoms with Gasteiger partial charge in [0.1, 0.15) is 0 Å². The highest BCUT2D eigenvalue weighted by atomic mass is 15.1. The fourth-order valence-corrected chi connectivity index (χ4v) is 2.32. The Bertz CT molecular complexity index is 680. The van der Waals surface area contributed by atoms with E-state index in [0.29, 0.717) is 0 Å². The molecule has 2 aromatic carbocycles. The molecule has 3 rings (SSSR count). The average Bonchev–Trinajstić information content (AvgIpc) is 2.90. The van der Waals surface area contributed by atoms with Crippen LogP contribution in [0.15, 0.2) is 48.5 Å². The summed E-state index contributed by atoms with van der Waals surface area (Å²) in [4.78, 5) is 9.89. The average molecular weight is 280 g/mol. The van der Waals surface area contributed by atoms with E-state index in [9.17, 15) is 0 Å². The van der Waals surface area contributed by atoms with Gasteiger partial charge in [-0.25, -0.2) is 4.98 Å². The van der Waals surface area contributed by atoms with Gasteiger partial charge < -0.3 is 15.2 Å². The van der Waals surface area contributed by atoms with Crippen molar-refractivity contribution in [3.8, 4) is 0 Å². The monoisotopic (exact) mass is 280 g/mol. The van der Waals surface area contributed by atoms with Crippen LogP contribution in [0.1, 0.15) is 5.56 Å². The molecule has 0 unspecified atom stereocenters. The number of nitrogens with one attached hydrogen (secondary N) is 2. The summed E-state index contributed by atoms with van der Waals surface area (Å²) in [6.45, 7) is 0.862. The third-order valence-electron chi connectivity index (χ3n) is 3.55. The van der Waals surface area contributed by atoms with Crippen LogP contribution in [0.25, 0.3) is 11.0 Å². The topological polar surface area (TPSA) is 44.0 Å². The number of imidazole rings is 1. The van der Waals surface area contributed by atoms with Crippen molar-refractivity contribution in [3.63, 3.8) is 0 Å². The van der Waals surface area contributed by atoms with Gasteiger partial charge in [-0.3, -0.25) is 0 Å². The minimum Gasteiger partial charge on any atom is -0.378 e. The van der Waals surface area contributed by atoms with E-state index in [2.05, 4.69) is 58.5 Å². The maximum absolute atomic E-state index is 4.51. The van der Waals surface area contributed by atoms with Gasteiger partial charge in [-0.2, -0.15) is 0 Å². The molecule has 0 fully saturated rings. The van der Waals surface area contributed by atoms with Crippen LogP contribution < -0.4 is 10.2 Å². The lowest BCUT2D eigenvalue weighted by Crippen LogP contribution is -2.09. The highest BCUT2D eigenvalue weighted by Gasteiger charge is 2.01. The number of anilines is 2. The molecule has 0 aliphatic rings. The maximum Gasteiger partial charge on any atom is 0.201 e. The zero-order valence-electron chi connectivity index (χ0n) is 12.4.